The largest absolute Gasteiger partial charge is 0.389 e. The summed E-state index contributed by atoms with van der Waals surface area (Å²) in [6, 6.07) is 13.5. The molecular weight excluding hydrogens is 508 g/mol. The number of nitrogens with zero attached hydrogens (tertiary/aromatic N) is 4. The van der Waals surface area contributed by atoms with E-state index < -0.39 is 16.1 Å². The van der Waals surface area contributed by atoms with Crippen LogP contribution in [0.5, 0.6) is 0 Å². The quantitative estimate of drug-likeness (QED) is 0.437. The van der Waals surface area contributed by atoms with E-state index in [2.05, 4.69) is 25.9 Å². The summed E-state index contributed by atoms with van der Waals surface area (Å²) >= 11 is 3.31. The van der Waals surface area contributed by atoms with Crippen LogP contribution in [-0.4, -0.2) is 57.5 Å². The lowest BCUT2D eigenvalue weighted by Gasteiger charge is -2.35. The van der Waals surface area contributed by atoms with Gasteiger partial charge in [0.15, 0.2) is 5.65 Å². The lowest BCUT2D eigenvalue weighted by atomic mass is 10.0. The van der Waals surface area contributed by atoms with E-state index in [1.807, 2.05) is 6.92 Å². The molecule has 33 heavy (non-hydrogen) atoms. The standard InChI is InChI=1S/C23H19BrN4O4S/c1-14-2-8-18(9-3-14)33(31,32)28-13-19(21-22(28)25-10-20(24)26-21)15-4-6-16(7-5-15)23(30)27-11-17(29)12-27/h2-10,13,17,29H,11-12H2,1H3. The van der Waals surface area contributed by atoms with Gasteiger partial charge < -0.3 is 10.0 Å². The molecule has 2 aromatic heterocycles. The normalized spacial score (nSPS) is 14.5. The summed E-state index contributed by atoms with van der Waals surface area (Å²) in [5.41, 5.74) is 3.36. The fourth-order valence-corrected chi connectivity index (χ4v) is 5.35. The van der Waals surface area contributed by atoms with Crippen LogP contribution >= 0.6 is 15.9 Å². The van der Waals surface area contributed by atoms with Crippen LogP contribution in [0, 0.1) is 6.92 Å². The molecule has 1 aliphatic heterocycles. The number of amides is 1. The van der Waals surface area contributed by atoms with Gasteiger partial charge in [-0.3, -0.25) is 4.79 Å². The summed E-state index contributed by atoms with van der Waals surface area (Å²) < 4.78 is 28.4. The Morgan fingerprint density at radius 2 is 1.76 bits per heavy atom. The number of aryl methyl sites for hydroxylation is 1. The number of aliphatic hydroxyl groups is 1. The van der Waals surface area contributed by atoms with Crippen molar-refractivity contribution in [1.29, 1.82) is 0 Å². The number of hydrogen-bond donors (Lipinski definition) is 1. The molecule has 0 radical (unpaired) electrons. The highest BCUT2D eigenvalue weighted by Gasteiger charge is 2.29. The van der Waals surface area contributed by atoms with E-state index in [-0.39, 0.29) is 16.4 Å². The minimum absolute atomic E-state index is 0.152. The van der Waals surface area contributed by atoms with Gasteiger partial charge >= 0.3 is 0 Å². The fourth-order valence-electron chi connectivity index (χ4n) is 3.76. The van der Waals surface area contributed by atoms with Crippen molar-refractivity contribution in [3.63, 3.8) is 0 Å². The second-order valence-corrected chi connectivity index (χ2v) is 10.6. The first-order chi connectivity index (χ1) is 15.7. The van der Waals surface area contributed by atoms with E-state index in [1.165, 1.54) is 12.4 Å². The van der Waals surface area contributed by atoms with Gasteiger partial charge in [-0.25, -0.2) is 22.4 Å². The van der Waals surface area contributed by atoms with E-state index in [9.17, 15) is 18.3 Å². The second kappa shape index (κ2) is 8.05. The maximum Gasteiger partial charge on any atom is 0.269 e. The van der Waals surface area contributed by atoms with Crippen molar-refractivity contribution in [2.24, 2.45) is 0 Å². The average Bonchev–Trinajstić information content (AvgIpc) is 3.16. The minimum atomic E-state index is -3.90. The van der Waals surface area contributed by atoms with Crippen molar-refractivity contribution in [2.75, 3.05) is 13.1 Å². The van der Waals surface area contributed by atoms with Crippen LogP contribution in [-0.2, 0) is 10.0 Å². The Bertz CT molecular complexity index is 1480. The summed E-state index contributed by atoms with van der Waals surface area (Å²) in [6.45, 7) is 2.55. The molecule has 1 saturated heterocycles. The summed E-state index contributed by atoms with van der Waals surface area (Å²) in [4.78, 5) is 23.0. The Kier molecular flexibility index (Phi) is 5.31. The number of aromatic nitrogens is 3. The van der Waals surface area contributed by atoms with Gasteiger partial charge in [0.05, 0.1) is 17.2 Å². The molecule has 0 spiro atoms. The molecule has 1 fully saturated rings. The van der Waals surface area contributed by atoms with Crippen molar-refractivity contribution in [1.82, 2.24) is 18.8 Å². The molecule has 0 bridgehead atoms. The van der Waals surface area contributed by atoms with Crippen LogP contribution in [0.1, 0.15) is 15.9 Å². The number of aliphatic hydroxyl groups excluding tert-OH is 1. The van der Waals surface area contributed by atoms with Crippen LogP contribution in [0.3, 0.4) is 0 Å². The smallest absolute Gasteiger partial charge is 0.269 e. The van der Waals surface area contributed by atoms with E-state index in [1.54, 1.807) is 53.4 Å². The third-order valence-corrected chi connectivity index (χ3v) is 7.65. The zero-order valence-corrected chi connectivity index (χ0v) is 19.9. The molecule has 1 N–H and O–H groups in total. The highest BCUT2D eigenvalue weighted by atomic mass is 79.9. The minimum Gasteiger partial charge on any atom is -0.389 e. The monoisotopic (exact) mass is 526 g/mol. The average molecular weight is 527 g/mol. The predicted molar refractivity (Wildman–Crippen MR) is 126 cm³/mol. The number of benzene rings is 2. The van der Waals surface area contributed by atoms with Gasteiger partial charge in [-0.05, 0) is 52.7 Å². The highest BCUT2D eigenvalue weighted by molar-refractivity contribution is 9.10. The predicted octanol–water partition coefficient (Wildman–Crippen LogP) is 3.22. The maximum atomic E-state index is 13.4. The van der Waals surface area contributed by atoms with Gasteiger partial charge in [-0.2, -0.15) is 0 Å². The lowest BCUT2D eigenvalue weighted by molar-refractivity contribution is 0.00590. The summed E-state index contributed by atoms with van der Waals surface area (Å²) in [6.07, 6.45) is 2.50. The van der Waals surface area contributed by atoms with Gasteiger partial charge in [0.2, 0.25) is 0 Å². The highest BCUT2D eigenvalue weighted by Crippen LogP contribution is 2.32. The molecule has 10 heteroatoms. The fraction of sp³-hybridized carbons (Fsp3) is 0.174. The van der Waals surface area contributed by atoms with Gasteiger partial charge in [0.25, 0.3) is 15.9 Å². The van der Waals surface area contributed by atoms with Crippen molar-refractivity contribution in [2.45, 2.75) is 17.9 Å². The number of hydrogen-bond acceptors (Lipinski definition) is 6. The zero-order valence-electron chi connectivity index (χ0n) is 17.5. The molecule has 0 saturated carbocycles. The van der Waals surface area contributed by atoms with Gasteiger partial charge in [-0.1, -0.05) is 29.8 Å². The first-order valence-electron chi connectivity index (χ1n) is 10.2. The Labute approximate surface area is 198 Å². The van der Waals surface area contributed by atoms with E-state index >= 15 is 0 Å². The van der Waals surface area contributed by atoms with Crippen LogP contribution in [0.4, 0.5) is 0 Å². The molecule has 0 aliphatic carbocycles. The number of β-amino-alcohol motifs (C(OH)–C–C–N with tert-alkyl or cyclic N) is 1. The lowest BCUT2D eigenvalue weighted by Crippen LogP contribution is -2.53. The summed E-state index contributed by atoms with van der Waals surface area (Å²) in [5.74, 6) is -0.154. The Balaban J connectivity index is 1.59. The Morgan fingerprint density at radius 1 is 1.09 bits per heavy atom. The summed E-state index contributed by atoms with van der Waals surface area (Å²) in [7, 11) is -3.90. The third-order valence-electron chi connectivity index (χ3n) is 5.60. The molecule has 8 nitrogen and oxygen atoms in total. The van der Waals surface area contributed by atoms with Crippen LogP contribution < -0.4 is 0 Å². The molecule has 5 rings (SSSR count). The third kappa shape index (κ3) is 3.84. The topological polar surface area (TPSA) is 105 Å². The molecule has 0 atom stereocenters. The van der Waals surface area contributed by atoms with Gasteiger partial charge in [0.1, 0.15) is 10.1 Å². The van der Waals surface area contributed by atoms with E-state index in [0.717, 1.165) is 9.54 Å². The number of likely N-dealkylation sites (tertiary alicyclic amines) is 1. The molecule has 168 valence electrons. The van der Waals surface area contributed by atoms with Crippen molar-refractivity contribution < 1.29 is 18.3 Å². The molecule has 1 amide bonds. The number of fused-ring (bicyclic) bond motifs is 1. The summed E-state index contributed by atoms with van der Waals surface area (Å²) in [5, 5.41) is 9.43. The first-order valence-corrected chi connectivity index (χ1v) is 12.4. The Morgan fingerprint density at radius 3 is 2.39 bits per heavy atom. The maximum absolute atomic E-state index is 13.4. The van der Waals surface area contributed by atoms with Crippen molar-refractivity contribution in [3.8, 4) is 11.1 Å². The molecule has 4 aromatic rings. The molecule has 0 unspecified atom stereocenters. The molecule has 2 aromatic carbocycles. The number of carbonyl (C=O) groups excluding carboxylic acids is 1. The van der Waals surface area contributed by atoms with Gasteiger partial charge in [0, 0.05) is 30.4 Å². The van der Waals surface area contributed by atoms with Gasteiger partial charge in [-0.15, -0.1) is 0 Å². The van der Waals surface area contributed by atoms with Crippen LogP contribution in [0.15, 0.2) is 70.4 Å². The van der Waals surface area contributed by atoms with E-state index in [0.29, 0.717) is 39.9 Å². The molecular formula is C23H19BrN4O4S. The molecule has 3 heterocycles. The SMILES string of the molecule is Cc1ccc(S(=O)(=O)n2cc(-c3ccc(C(=O)N4CC(O)C4)cc3)c3nc(Br)cnc32)cc1. The first kappa shape index (κ1) is 21.7. The number of halogens is 1. The van der Waals surface area contributed by atoms with Crippen LogP contribution in [0.25, 0.3) is 22.3 Å². The zero-order chi connectivity index (χ0) is 23.3. The number of rotatable bonds is 4. The van der Waals surface area contributed by atoms with Crippen LogP contribution in [0.2, 0.25) is 0 Å². The Hall–Kier alpha value is -3.08. The second-order valence-electron chi connectivity index (χ2n) is 7.96. The van der Waals surface area contributed by atoms with E-state index in [4.69, 9.17) is 0 Å². The van der Waals surface area contributed by atoms with Crippen molar-refractivity contribution >= 4 is 43.0 Å². The van der Waals surface area contributed by atoms with Crippen molar-refractivity contribution in [3.05, 3.63) is 76.7 Å². The molecule has 1 aliphatic rings. The number of carbonyl (C=O) groups is 1.